The minimum absolute atomic E-state index is 0.274. The molecule has 6 heteroatoms. The molecule has 0 spiro atoms. The summed E-state index contributed by atoms with van der Waals surface area (Å²) in [5.74, 6) is -0.378. The first-order valence-electron chi connectivity index (χ1n) is 12.7. The molecular formula is C31H25N3O2S. The van der Waals surface area contributed by atoms with Crippen LogP contribution < -0.4 is 4.90 Å². The van der Waals surface area contributed by atoms with Gasteiger partial charge in [0, 0.05) is 34.5 Å². The summed E-state index contributed by atoms with van der Waals surface area (Å²) >= 11 is 1.22. The molecule has 2 aliphatic rings. The minimum atomic E-state index is -0.926. The Labute approximate surface area is 219 Å². The van der Waals surface area contributed by atoms with Gasteiger partial charge in [-0.15, -0.1) is 0 Å². The number of carbonyl (C=O) groups is 1. The van der Waals surface area contributed by atoms with Gasteiger partial charge in [0.05, 0.1) is 17.3 Å². The second-order valence-electron chi connectivity index (χ2n) is 10.1. The van der Waals surface area contributed by atoms with Gasteiger partial charge in [-0.3, -0.25) is 0 Å². The van der Waals surface area contributed by atoms with Gasteiger partial charge in [0.25, 0.3) is 0 Å². The summed E-state index contributed by atoms with van der Waals surface area (Å²) in [4.78, 5) is 13.8. The quantitative estimate of drug-likeness (QED) is 0.271. The zero-order valence-electron chi connectivity index (χ0n) is 20.4. The molecule has 2 unspecified atom stereocenters. The fraction of sp³-hybridized carbons (Fsp3) is 0.194. The Hall–Kier alpha value is -4.03. The van der Waals surface area contributed by atoms with Crippen LogP contribution in [0.2, 0.25) is 0 Å². The van der Waals surface area contributed by atoms with Crippen LogP contribution in [0.3, 0.4) is 0 Å². The number of hydrogen-bond acceptors (Lipinski definition) is 5. The first-order chi connectivity index (χ1) is 18.1. The number of aryl methyl sites for hydroxylation is 1. The highest BCUT2D eigenvalue weighted by Crippen LogP contribution is 2.53. The predicted octanol–water partition coefficient (Wildman–Crippen LogP) is 7.82. The maximum absolute atomic E-state index is 11.3. The van der Waals surface area contributed by atoms with Crippen molar-refractivity contribution in [3.05, 3.63) is 95.6 Å². The van der Waals surface area contributed by atoms with E-state index in [1.165, 1.54) is 59.1 Å². The Morgan fingerprint density at radius 2 is 1.54 bits per heavy atom. The molecule has 1 fully saturated rings. The van der Waals surface area contributed by atoms with Crippen molar-refractivity contribution in [2.45, 2.75) is 38.1 Å². The van der Waals surface area contributed by atoms with E-state index in [0.717, 1.165) is 27.7 Å². The molecule has 1 N–H and O–H groups in total. The topological polar surface area (TPSA) is 66.3 Å². The maximum Gasteiger partial charge on any atom is 0.335 e. The van der Waals surface area contributed by atoms with Gasteiger partial charge < -0.3 is 10.0 Å². The standard InChI is InChI=1S/C31H25N3O2S/c1-18-5-12-22(13-6-18)34-27-4-2-3-25(27)26-17-21(11-16-28(26)34)24-15-14-23(29-30(24)33-37-32-29)19-7-9-20(10-8-19)31(35)36/h5-17,25,27H,2-4H2,1H3,(H,35,36). The van der Waals surface area contributed by atoms with E-state index in [1.54, 1.807) is 12.1 Å². The number of carboxylic acids is 1. The normalized spacial score (nSPS) is 18.2. The molecule has 1 aliphatic heterocycles. The second-order valence-corrected chi connectivity index (χ2v) is 10.6. The van der Waals surface area contributed by atoms with Gasteiger partial charge in [0.1, 0.15) is 11.0 Å². The van der Waals surface area contributed by atoms with Crippen molar-refractivity contribution in [2.75, 3.05) is 4.90 Å². The molecular weight excluding hydrogens is 478 g/mol. The number of carboxylic acid groups (broad SMARTS) is 1. The van der Waals surface area contributed by atoms with E-state index in [4.69, 9.17) is 0 Å². The van der Waals surface area contributed by atoms with E-state index in [0.29, 0.717) is 12.0 Å². The Morgan fingerprint density at radius 3 is 2.24 bits per heavy atom. The first-order valence-corrected chi connectivity index (χ1v) is 13.4. The van der Waals surface area contributed by atoms with E-state index < -0.39 is 5.97 Å². The van der Waals surface area contributed by atoms with Gasteiger partial charge in [-0.2, -0.15) is 8.75 Å². The smallest absolute Gasteiger partial charge is 0.335 e. The molecule has 1 saturated carbocycles. The summed E-state index contributed by atoms with van der Waals surface area (Å²) in [6.45, 7) is 2.14. The number of aromatic carboxylic acids is 1. The Morgan fingerprint density at radius 1 is 0.865 bits per heavy atom. The number of nitrogens with zero attached hydrogens (tertiary/aromatic N) is 3. The summed E-state index contributed by atoms with van der Waals surface area (Å²) in [5, 5.41) is 9.24. The molecule has 5 nitrogen and oxygen atoms in total. The lowest BCUT2D eigenvalue weighted by Crippen LogP contribution is -2.26. The van der Waals surface area contributed by atoms with Gasteiger partial charge in [-0.1, -0.05) is 54.4 Å². The molecule has 4 aromatic carbocycles. The van der Waals surface area contributed by atoms with Crippen LogP contribution >= 0.6 is 11.7 Å². The molecule has 0 bridgehead atoms. The summed E-state index contributed by atoms with van der Waals surface area (Å²) in [5.41, 5.74) is 11.5. The van der Waals surface area contributed by atoms with Crippen LogP contribution in [-0.4, -0.2) is 25.9 Å². The van der Waals surface area contributed by atoms with Crippen LogP contribution in [-0.2, 0) is 0 Å². The molecule has 37 heavy (non-hydrogen) atoms. The Balaban J connectivity index is 1.31. The summed E-state index contributed by atoms with van der Waals surface area (Å²) in [6.07, 6.45) is 3.71. The lowest BCUT2D eigenvalue weighted by Gasteiger charge is -2.27. The fourth-order valence-corrected chi connectivity index (χ4v) is 6.76. The van der Waals surface area contributed by atoms with Crippen LogP contribution in [0.25, 0.3) is 33.3 Å². The van der Waals surface area contributed by atoms with Crippen molar-refractivity contribution in [2.24, 2.45) is 0 Å². The molecule has 0 amide bonds. The molecule has 182 valence electrons. The lowest BCUT2D eigenvalue weighted by molar-refractivity contribution is 0.0697. The van der Waals surface area contributed by atoms with Crippen LogP contribution in [0.15, 0.2) is 78.9 Å². The predicted molar refractivity (Wildman–Crippen MR) is 149 cm³/mol. The molecule has 1 aromatic heterocycles. The van der Waals surface area contributed by atoms with Crippen molar-refractivity contribution in [3.63, 3.8) is 0 Å². The summed E-state index contributed by atoms with van der Waals surface area (Å²) in [6, 6.07) is 27.5. The number of aromatic nitrogens is 2. The van der Waals surface area contributed by atoms with Gasteiger partial charge in [-0.05, 0) is 72.9 Å². The highest BCUT2D eigenvalue weighted by atomic mass is 32.1. The molecule has 0 radical (unpaired) electrons. The SMILES string of the molecule is Cc1ccc(N2c3ccc(-c4ccc(-c5ccc(C(=O)O)cc5)c5nsnc45)cc3C3CCCC32)cc1. The Bertz CT molecular complexity index is 1660. The highest BCUT2D eigenvalue weighted by Gasteiger charge is 2.42. The molecule has 1 aliphatic carbocycles. The van der Waals surface area contributed by atoms with Crippen molar-refractivity contribution in [1.82, 2.24) is 8.75 Å². The second kappa shape index (κ2) is 8.53. The highest BCUT2D eigenvalue weighted by molar-refractivity contribution is 7.00. The number of rotatable bonds is 4. The Kier molecular flexibility index (Phi) is 5.11. The van der Waals surface area contributed by atoms with Crippen molar-refractivity contribution in [1.29, 1.82) is 0 Å². The molecule has 2 heterocycles. The minimum Gasteiger partial charge on any atom is -0.478 e. The van der Waals surface area contributed by atoms with Crippen molar-refractivity contribution >= 4 is 40.1 Å². The average Bonchev–Trinajstić information content (AvgIpc) is 3.65. The molecule has 5 aromatic rings. The molecule has 2 atom stereocenters. The fourth-order valence-electron chi connectivity index (χ4n) is 6.19. The van der Waals surface area contributed by atoms with Gasteiger partial charge in [0.2, 0.25) is 0 Å². The maximum atomic E-state index is 11.3. The lowest BCUT2D eigenvalue weighted by atomic mass is 9.92. The zero-order valence-corrected chi connectivity index (χ0v) is 21.2. The number of anilines is 2. The van der Waals surface area contributed by atoms with E-state index in [9.17, 15) is 9.90 Å². The molecule has 7 rings (SSSR count). The third-order valence-corrected chi connectivity index (χ3v) is 8.51. The van der Waals surface area contributed by atoms with Gasteiger partial charge >= 0.3 is 5.97 Å². The number of benzene rings is 4. The third-order valence-electron chi connectivity index (χ3n) is 7.98. The van der Waals surface area contributed by atoms with Crippen LogP contribution in [0.1, 0.15) is 46.7 Å². The summed E-state index contributed by atoms with van der Waals surface area (Å²) in [7, 11) is 0. The van der Waals surface area contributed by atoms with Crippen LogP contribution in [0.5, 0.6) is 0 Å². The van der Waals surface area contributed by atoms with E-state index in [1.807, 2.05) is 12.1 Å². The van der Waals surface area contributed by atoms with Gasteiger partial charge in [0.15, 0.2) is 0 Å². The monoisotopic (exact) mass is 503 g/mol. The number of fused-ring (bicyclic) bond motifs is 4. The van der Waals surface area contributed by atoms with Crippen LogP contribution in [0, 0.1) is 6.92 Å². The molecule has 0 saturated heterocycles. The zero-order chi connectivity index (χ0) is 25.1. The van der Waals surface area contributed by atoms with Crippen molar-refractivity contribution < 1.29 is 9.90 Å². The average molecular weight is 504 g/mol. The summed E-state index contributed by atoms with van der Waals surface area (Å²) < 4.78 is 9.31. The van der Waals surface area contributed by atoms with Crippen molar-refractivity contribution in [3.8, 4) is 22.3 Å². The first kappa shape index (κ1) is 22.2. The van der Waals surface area contributed by atoms with Gasteiger partial charge in [-0.25, -0.2) is 4.79 Å². The van der Waals surface area contributed by atoms with Crippen LogP contribution in [0.4, 0.5) is 11.4 Å². The van der Waals surface area contributed by atoms with E-state index in [-0.39, 0.29) is 5.56 Å². The third kappa shape index (κ3) is 3.55. The number of hydrogen-bond donors (Lipinski definition) is 1. The van der Waals surface area contributed by atoms with E-state index in [2.05, 4.69) is 75.2 Å². The van der Waals surface area contributed by atoms with E-state index >= 15 is 0 Å². The largest absolute Gasteiger partial charge is 0.478 e.